The first-order valence-electron chi connectivity index (χ1n) is 7.27. The van der Waals surface area contributed by atoms with Crippen molar-refractivity contribution in [2.24, 2.45) is 0 Å². The van der Waals surface area contributed by atoms with Gasteiger partial charge in [0.15, 0.2) is 5.82 Å². The van der Waals surface area contributed by atoms with Crippen LogP contribution in [0.5, 0.6) is 0 Å². The van der Waals surface area contributed by atoms with Gasteiger partial charge in [-0.1, -0.05) is 24.1 Å². The van der Waals surface area contributed by atoms with Gasteiger partial charge in [0.25, 0.3) is 0 Å². The van der Waals surface area contributed by atoms with Gasteiger partial charge in [-0.15, -0.1) is 11.3 Å². The molecule has 6 heteroatoms. The van der Waals surface area contributed by atoms with Crippen molar-refractivity contribution in [3.63, 3.8) is 0 Å². The third-order valence-electron chi connectivity index (χ3n) is 3.91. The standard InChI is InChI=1S/C15H18N2O3S/c1-2-19-14(18)15(7-3-4-8-15)13-16-12(17-20-13)10-11-6-5-9-21-11/h5-6,9H,2-4,7-8,10H2,1H3. The average Bonchev–Trinajstić information content (AvgIpc) is 3.21. The molecule has 1 fully saturated rings. The monoisotopic (exact) mass is 306 g/mol. The molecule has 0 atom stereocenters. The number of ether oxygens (including phenoxy) is 1. The highest BCUT2D eigenvalue weighted by atomic mass is 32.1. The number of nitrogens with zero attached hydrogens (tertiary/aromatic N) is 2. The number of carbonyl (C=O) groups excluding carboxylic acids is 1. The zero-order valence-electron chi connectivity index (χ0n) is 12.0. The van der Waals surface area contributed by atoms with E-state index >= 15 is 0 Å². The van der Waals surface area contributed by atoms with Crippen LogP contribution in [0.25, 0.3) is 0 Å². The van der Waals surface area contributed by atoms with Crippen molar-refractivity contribution >= 4 is 17.3 Å². The van der Waals surface area contributed by atoms with Crippen LogP contribution in [0.2, 0.25) is 0 Å². The third-order valence-corrected chi connectivity index (χ3v) is 4.79. The summed E-state index contributed by atoms with van der Waals surface area (Å²) in [7, 11) is 0. The molecule has 1 saturated carbocycles. The second kappa shape index (κ2) is 5.97. The summed E-state index contributed by atoms with van der Waals surface area (Å²) < 4.78 is 10.6. The van der Waals surface area contributed by atoms with E-state index in [1.54, 1.807) is 11.3 Å². The van der Waals surface area contributed by atoms with E-state index in [2.05, 4.69) is 10.1 Å². The van der Waals surface area contributed by atoms with Gasteiger partial charge in [-0.25, -0.2) is 0 Å². The third kappa shape index (κ3) is 2.72. The van der Waals surface area contributed by atoms with Gasteiger partial charge in [-0.2, -0.15) is 4.98 Å². The smallest absolute Gasteiger partial charge is 0.321 e. The van der Waals surface area contributed by atoms with E-state index in [0.29, 0.717) is 24.7 Å². The van der Waals surface area contributed by atoms with Gasteiger partial charge in [0, 0.05) is 11.3 Å². The van der Waals surface area contributed by atoms with E-state index in [4.69, 9.17) is 9.26 Å². The SMILES string of the molecule is CCOC(=O)C1(c2nc(Cc3cccs3)no2)CCCC1. The van der Waals surface area contributed by atoms with Crippen molar-refractivity contribution in [1.82, 2.24) is 10.1 Å². The molecule has 0 amide bonds. The molecule has 3 rings (SSSR count). The summed E-state index contributed by atoms with van der Waals surface area (Å²) >= 11 is 1.66. The normalized spacial score (nSPS) is 17.0. The van der Waals surface area contributed by atoms with E-state index in [1.165, 1.54) is 4.88 Å². The highest BCUT2D eigenvalue weighted by molar-refractivity contribution is 7.09. The predicted octanol–water partition coefficient (Wildman–Crippen LogP) is 3.10. The van der Waals surface area contributed by atoms with Crippen LogP contribution in [0.1, 0.15) is 49.2 Å². The van der Waals surface area contributed by atoms with Gasteiger partial charge >= 0.3 is 5.97 Å². The number of thiophene rings is 1. The van der Waals surface area contributed by atoms with Crippen LogP contribution in [-0.2, 0) is 21.4 Å². The molecular formula is C15H18N2O3S. The van der Waals surface area contributed by atoms with Crippen LogP contribution in [0.4, 0.5) is 0 Å². The van der Waals surface area contributed by atoms with Gasteiger partial charge in [0.2, 0.25) is 5.89 Å². The molecule has 1 aliphatic carbocycles. The number of hydrogen-bond donors (Lipinski definition) is 0. The summed E-state index contributed by atoms with van der Waals surface area (Å²) in [5.41, 5.74) is -0.725. The first-order chi connectivity index (χ1) is 10.2. The van der Waals surface area contributed by atoms with Crippen molar-refractivity contribution in [3.05, 3.63) is 34.1 Å². The molecular weight excluding hydrogens is 288 g/mol. The summed E-state index contributed by atoms with van der Waals surface area (Å²) in [6.45, 7) is 2.19. The molecule has 112 valence electrons. The quantitative estimate of drug-likeness (QED) is 0.794. The number of hydrogen-bond acceptors (Lipinski definition) is 6. The molecule has 0 unspecified atom stereocenters. The maximum atomic E-state index is 12.3. The Morgan fingerprint density at radius 2 is 2.29 bits per heavy atom. The molecule has 0 spiro atoms. The topological polar surface area (TPSA) is 65.2 Å². The van der Waals surface area contributed by atoms with Crippen molar-refractivity contribution in [1.29, 1.82) is 0 Å². The molecule has 5 nitrogen and oxygen atoms in total. The lowest BCUT2D eigenvalue weighted by molar-refractivity contribution is -0.151. The molecule has 1 aliphatic rings. The highest BCUT2D eigenvalue weighted by Crippen LogP contribution is 2.41. The molecule has 0 aromatic carbocycles. The van der Waals surface area contributed by atoms with Crippen molar-refractivity contribution in [2.45, 2.75) is 44.4 Å². The molecule has 2 aromatic heterocycles. The molecule has 21 heavy (non-hydrogen) atoms. The molecule has 0 saturated heterocycles. The minimum atomic E-state index is -0.725. The van der Waals surface area contributed by atoms with E-state index < -0.39 is 5.41 Å². The second-order valence-corrected chi connectivity index (χ2v) is 6.31. The van der Waals surface area contributed by atoms with Crippen molar-refractivity contribution < 1.29 is 14.1 Å². The van der Waals surface area contributed by atoms with Crippen LogP contribution in [0.15, 0.2) is 22.0 Å². The van der Waals surface area contributed by atoms with Crippen LogP contribution < -0.4 is 0 Å². The Morgan fingerprint density at radius 1 is 1.48 bits per heavy atom. The predicted molar refractivity (Wildman–Crippen MR) is 78.2 cm³/mol. The van der Waals surface area contributed by atoms with Gasteiger partial charge in [0.1, 0.15) is 5.41 Å². The molecule has 2 aromatic rings. The van der Waals surface area contributed by atoms with Crippen LogP contribution >= 0.6 is 11.3 Å². The van der Waals surface area contributed by atoms with Crippen LogP contribution in [0.3, 0.4) is 0 Å². The van der Waals surface area contributed by atoms with Gasteiger partial charge < -0.3 is 9.26 Å². The summed E-state index contributed by atoms with van der Waals surface area (Å²) in [4.78, 5) is 18.0. The highest BCUT2D eigenvalue weighted by Gasteiger charge is 2.49. The lowest BCUT2D eigenvalue weighted by Gasteiger charge is -2.21. The Hall–Kier alpha value is -1.69. The minimum absolute atomic E-state index is 0.228. The average molecular weight is 306 g/mol. The molecule has 0 N–H and O–H groups in total. The number of aromatic nitrogens is 2. The van der Waals surface area contributed by atoms with Crippen LogP contribution in [0, 0.1) is 0 Å². The fraction of sp³-hybridized carbons (Fsp3) is 0.533. The van der Waals surface area contributed by atoms with Gasteiger partial charge in [-0.3, -0.25) is 4.79 Å². The second-order valence-electron chi connectivity index (χ2n) is 5.28. The van der Waals surface area contributed by atoms with Gasteiger partial charge in [-0.05, 0) is 31.2 Å². The Balaban J connectivity index is 1.83. The van der Waals surface area contributed by atoms with E-state index in [-0.39, 0.29) is 5.97 Å². The lowest BCUT2D eigenvalue weighted by atomic mass is 9.86. The molecule has 0 aliphatic heterocycles. The molecule has 0 bridgehead atoms. The maximum Gasteiger partial charge on any atom is 0.321 e. The Kier molecular flexibility index (Phi) is 4.05. The first-order valence-corrected chi connectivity index (χ1v) is 8.15. The summed E-state index contributed by atoms with van der Waals surface area (Å²) in [6, 6.07) is 4.04. The number of rotatable bonds is 5. The van der Waals surface area contributed by atoms with E-state index in [0.717, 1.165) is 25.7 Å². The lowest BCUT2D eigenvalue weighted by Crippen LogP contribution is -2.35. The summed E-state index contributed by atoms with van der Waals surface area (Å²) in [6.07, 6.45) is 4.07. The van der Waals surface area contributed by atoms with E-state index in [1.807, 2.05) is 24.4 Å². The number of carbonyl (C=O) groups is 1. The fourth-order valence-electron chi connectivity index (χ4n) is 2.84. The fourth-order valence-corrected chi connectivity index (χ4v) is 3.54. The summed E-state index contributed by atoms with van der Waals surface area (Å²) in [5.74, 6) is 0.821. The van der Waals surface area contributed by atoms with Crippen molar-refractivity contribution in [2.75, 3.05) is 6.61 Å². The maximum absolute atomic E-state index is 12.3. The molecule has 0 radical (unpaired) electrons. The zero-order valence-corrected chi connectivity index (χ0v) is 12.8. The zero-order chi connectivity index (χ0) is 14.7. The Labute approximate surface area is 127 Å². The van der Waals surface area contributed by atoms with E-state index in [9.17, 15) is 4.79 Å². The first kappa shape index (κ1) is 14.3. The Bertz CT molecular complexity index is 600. The number of esters is 1. The van der Waals surface area contributed by atoms with Gasteiger partial charge in [0.05, 0.1) is 6.61 Å². The minimum Gasteiger partial charge on any atom is -0.465 e. The van der Waals surface area contributed by atoms with Crippen LogP contribution in [-0.4, -0.2) is 22.7 Å². The largest absolute Gasteiger partial charge is 0.465 e. The Morgan fingerprint density at radius 3 is 2.95 bits per heavy atom. The molecule has 2 heterocycles. The van der Waals surface area contributed by atoms with Crippen molar-refractivity contribution in [3.8, 4) is 0 Å². The summed E-state index contributed by atoms with van der Waals surface area (Å²) in [5, 5.41) is 6.06.